The average molecular weight is 491 g/mol. The second-order valence-electron chi connectivity index (χ2n) is 11.7. The van der Waals surface area contributed by atoms with Gasteiger partial charge < -0.3 is 28.1 Å². The standard InChI is InChI=1S/C27H42O6Si/c1-26(2,3)34(6,7)33-23(17-28-16-19-12-9-8-10-13-19)25-24-21(30-24)15-11-14-20-22(31-25)18-29-27(4,5)32-20/h8-13,15,20-25H,14,16-18H2,1-7H3/b15-11-/t20-,21-,22+,23-,24-,25+/m1/s1. The van der Waals surface area contributed by atoms with Gasteiger partial charge in [0.2, 0.25) is 0 Å². The van der Waals surface area contributed by atoms with Gasteiger partial charge in [-0.2, -0.15) is 0 Å². The Labute approximate surface area is 206 Å². The predicted octanol–water partition coefficient (Wildman–Crippen LogP) is 5.23. The van der Waals surface area contributed by atoms with Crippen molar-refractivity contribution >= 4 is 8.32 Å². The van der Waals surface area contributed by atoms with Gasteiger partial charge in [0.05, 0.1) is 32.0 Å². The van der Waals surface area contributed by atoms with Gasteiger partial charge in [-0.05, 0) is 44.0 Å². The first-order valence-electron chi connectivity index (χ1n) is 12.5. The molecule has 3 aliphatic heterocycles. The summed E-state index contributed by atoms with van der Waals surface area (Å²) in [5.41, 5.74) is 1.14. The molecule has 34 heavy (non-hydrogen) atoms. The van der Waals surface area contributed by atoms with E-state index in [4.69, 9.17) is 28.1 Å². The maximum atomic E-state index is 6.94. The van der Waals surface area contributed by atoms with Gasteiger partial charge in [-0.15, -0.1) is 0 Å². The van der Waals surface area contributed by atoms with E-state index in [9.17, 15) is 0 Å². The number of hydrogen-bond donors (Lipinski definition) is 0. The fourth-order valence-corrected chi connectivity index (χ4v) is 5.60. The molecule has 0 aliphatic carbocycles. The van der Waals surface area contributed by atoms with Crippen molar-refractivity contribution in [1.29, 1.82) is 0 Å². The fraction of sp³-hybridized carbons (Fsp3) is 0.704. The Hall–Kier alpha value is -1.06. The highest BCUT2D eigenvalue weighted by atomic mass is 28.4. The predicted molar refractivity (Wildman–Crippen MR) is 134 cm³/mol. The minimum Gasteiger partial charge on any atom is -0.409 e. The molecule has 3 aliphatic rings. The van der Waals surface area contributed by atoms with Gasteiger partial charge in [0.25, 0.3) is 0 Å². The first kappa shape index (κ1) is 26.0. The van der Waals surface area contributed by atoms with Crippen LogP contribution in [0.25, 0.3) is 0 Å². The number of hydrogen-bond acceptors (Lipinski definition) is 6. The van der Waals surface area contributed by atoms with Crippen molar-refractivity contribution < 1.29 is 28.1 Å². The largest absolute Gasteiger partial charge is 0.409 e. The smallest absolute Gasteiger partial charge is 0.192 e. The van der Waals surface area contributed by atoms with Crippen molar-refractivity contribution in [3.05, 3.63) is 48.0 Å². The summed E-state index contributed by atoms with van der Waals surface area (Å²) in [6, 6.07) is 10.2. The highest BCUT2D eigenvalue weighted by Crippen LogP contribution is 2.41. The van der Waals surface area contributed by atoms with Crippen molar-refractivity contribution in [3.63, 3.8) is 0 Å². The molecule has 0 bridgehead atoms. The second kappa shape index (κ2) is 10.1. The van der Waals surface area contributed by atoms with Crippen LogP contribution in [0.5, 0.6) is 0 Å². The molecule has 3 heterocycles. The van der Waals surface area contributed by atoms with Crippen LogP contribution >= 0.6 is 0 Å². The van der Waals surface area contributed by atoms with Crippen molar-refractivity contribution in [3.8, 4) is 0 Å². The van der Waals surface area contributed by atoms with Crippen LogP contribution in [-0.4, -0.2) is 63.9 Å². The summed E-state index contributed by atoms with van der Waals surface area (Å²) in [5.74, 6) is -0.614. The fourth-order valence-electron chi connectivity index (χ4n) is 4.29. The maximum absolute atomic E-state index is 6.94. The van der Waals surface area contributed by atoms with Crippen molar-refractivity contribution in [2.24, 2.45) is 0 Å². The van der Waals surface area contributed by atoms with Gasteiger partial charge in [-0.1, -0.05) is 63.3 Å². The van der Waals surface area contributed by atoms with Gasteiger partial charge in [0, 0.05) is 0 Å². The molecule has 0 radical (unpaired) electrons. The summed E-state index contributed by atoms with van der Waals surface area (Å²) in [6.45, 7) is 16.7. The molecule has 1 aromatic rings. The second-order valence-corrected chi connectivity index (χ2v) is 16.4. The van der Waals surface area contributed by atoms with Gasteiger partial charge in [-0.3, -0.25) is 0 Å². The molecule has 4 rings (SSSR count). The molecule has 0 amide bonds. The Bertz CT molecular complexity index is 833. The van der Waals surface area contributed by atoms with E-state index in [0.717, 1.165) is 12.0 Å². The Morgan fingerprint density at radius 3 is 2.53 bits per heavy atom. The maximum Gasteiger partial charge on any atom is 0.192 e. The van der Waals surface area contributed by atoms with E-state index < -0.39 is 14.1 Å². The van der Waals surface area contributed by atoms with Crippen LogP contribution in [0.2, 0.25) is 18.1 Å². The highest BCUT2D eigenvalue weighted by molar-refractivity contribution is 6.74. The molecule has 0 spiro atoms. The molecule has 0 unspecified atom stereocenters. The monoisotopic (exact) mass is 490 g/mol. The van der Waals surface area contributed by atoms with E-state index in [2.05, 4.69) is 58.2 Å². The van der Waals surface area contributed by atoms with Gasteiger partial charge in [0.15, 0.2) is 14.1 Å². The minimum atomic E-state index is -2.10. The summed E-state index contributed by atoms with van der Waals surface area (Å²) in [7, 11) is -2.10. The Kier molecular flexibility index (Phi) is 7.75. The lowest BCUT2D eigenvalue weighted by molar-refractivity contribution is -0.317. The lowest BCUT2D eigenvalue weighted by Gasteiger charge is -2.44. The quantitative estimate of drug-likeness (QED) is 0.296. The SMILES string of the molecule is CC1(C)OC[C@@H]2O[C@@H]([C@@H](COCc3ccccc3)O[Si](C)(C)C(C)(C)C)[C@@H]3O[C@@H]3/C=C\C[C@H]2O1. The van der Waals surface area contributed by atoms with Gasteiger partial charge in [0.1, 0.15) is 24.4 Å². The zero-order chi connectivity index (χ0) is 24.6. The van der Waals surface area contributed by atoms with Crippen LogP contribution in [0.3, 0.4) is 0 Å². The van der Waals surface area contributed by atoms with Crippen LogP contribution < -0.4 is 0 Å². The van der Waals surface area contributed by atoms with Crippen molar-refractivity contribution in [2.75, 3.05) is 13.2 Å². The molecule has 0 aromatic heterocycles. The third-order valence-electron chi connectivity index (χ3n) is 7.37. The van der Waals surface area contributed by atoms with E-state index >= 15 is 0 Å². The number of rotatable bonds is 7. The van der Waals surface area contributed by atoms with Gasteiger partial charge in [-0.25, -0.2) is 0 Å². The highest BCUT2D eigenvalue weighted by Gasteiger charge is 2.53. The summed E-state index contributed by atoms with van der Waals surface area (Å²) >= 11 is 0. The topological polar surface area (TPSA) is 58.7 Å². The molecule has 0 saturated carbocycles. The molecule has 0 N–H and O–H groups in total. The molecule has 6 nitrogen and oxygen atoms in total. The Morgan fingerprint density at radius 1 is 1.09 bits per heavy atom. The van der Waals surface area contributed by atoms with Crippen molar-refractivity contribution in [2.45, 2.75) is 108 Å². The first-order chi connectivity index (χ1) is 16.0. The number of fused-ring (bicyclic) bond motifs is 2. The number of ether oxygens (including phenoxy) is 5. The molecule has 7 heteroatoms. The molecule has 2 saturated heterocycles. The van der Waals surface area contributed by atoms with E-state index in [1.54, 1.807) is 0 Å². The van der Waals surface area contributed by atoms with Crippen LogP contribution in [0.15, 0.2) is 42.5 Å². The third-order valence-corrected chi connectivity index (χ3v) is 11.9. The lowest BCUT2D eigenvalue weighted by atomic mass is 10.1. The third kappa shape index (κ3) is 6.38. The first-order valence-corrected chi connectivity index (χ1v) is 15.4. The zero-order valence-corrected chi connectivity index (χ0v) is 22.8. The van der Waals surface area contributed by atoms with Gasteiger partial charge >= 0.3 is 0 Å². The molecule has 2 fully saturated rings. The average Bonchev–Trinajstić information content (AvgIpc) is 3.50. The minimum absolute atomic E-state index is 0.0405. The van der Waals surface area contributed by atoms with Crippen LogP contribution in [0.4, 0.5) is 0 Å². The number of benzene rings is 1. The molecule has 1 aromatic carbocycles. The lowest BCUT2D eigenvalue weighted by Crippen LogP contribution is -2.55. The van der Waals surface area contributed by atoms with Crippen LogP contribution in [0, 0.1) is 0 Å². The van der Waals surface area contributed by atoms with E-state index in [-0.39, 0.29) is 41.7 Å². The molecule has 6 atom stereocenters. The van der Waals surface area contributed by atoms with Crippen LogP contribution in [0.1, 0.15) is 46.6 Å². The summed E-state index contributed by atoms with van der Waals surface area (Å²) in [6.07, 6.45) is 4.28. The van der Waals surface area contributed by atoms with E-state index in [0.29, 0.717) is 19.8 Å². The van der Waals surface area contributed by atoms with Crippen molar-refractivity contribution in [1.82, 2.24) is 0 Å². The summed E-state index contributed by atoms with van der Waals surface area (Å²) < 4.78 is 38.2. The molecular weight excluding hydrogens is 448 g/mol. The number of epoxide rings is 1. The normalized spacial score (nSPS) is 33.0. The van der Waals surface area contributed by atoms with E-state index in [1.165, 1.54) is 0 Å². The van der Waals surface area contributed by atoms with E-state index in [1.807, 2.05) is 32.0 Å². The summed E-state index contributed by atoms with van der Waals surface area (Å²) in [4.78, 5) is 0. The molecular formula is C27H42O6Si. The summed E-state index contributed by atoms with van der Waals surface area (Å²) in [5, 5.41) is 0.0660. The molecule has 190 valence electrons. The van der Waals surface area contributed by atoms with Crippen LogP contribution in [-0.2, 0) is 34.7 Å². The zero-order valence-electron chi connectivity index (χ0n) is 21.8. The Morgan fingerprint density at radius 2 is 1.82 bits per heavy atom. The Balaban J connectivity index is 1.54.